The summed E-state index contributed by atoms with van der Waals surface area (Å²) in [5, 5.41) is 3.65. The second-order valence-electron chi connectivity index (χ2n) is 5.07. The summed E-state index contributed by atoms with van der Waals surface area (Å²) in [6.07, 6.45) is -0.657. The van der Waals surface area contributed by atoms with E-state index >= 15 is 0 Å². The molecule has 0 heterocycles. The summed E-state index contributed by atoms with van der Waals surface area (Å²) in [4.78, 5) is 12.2. The molecule has 0 fully saturated rings. The first kappa shape index (κ1) is 16.7. The van der Waals surface area contributed by atoms with E-state index in [4.69, 9.17) is 27.9 Å². The molecule has 0 aliphatic carbocycles. The first-order valence-corrected chi connectivity index (χ1v) is 7.63. The van der Waals surface area contributed by atoms with Gasteiger partial charge in [-0.2, -0.15) is 0 Å². The highest BCUT2D eigenvalue weighted by Crippen LogP contribution is 2.26. The topological polar surface area (TPSA) is 38.3 Å². The van der Waals surface area contributed by atoms with Crippen LogP contribution in [-0.2, 0) is 4.79 Å². The summed E-state index contributed by atoms with van der Waals surface area (Å²) in [5.41, 5.74) is 2.60. The van der Waals surface area contributed by atoms with Crippen LogP contribution >= 0.6 is 23.2 Å². The largest absolute Gasteiger partial charge is 0.481 e. The Hall–Kier alpha value is -1.71. The van der Waals surface area contributed by atoms with Crippen molar-refractivity contribution in [1.82, 2.24) is 0 Å². The fourth-order valence-corrected chi connectivity index (χ4v) is 2.26. The molecule has 0 saturated carbocycles. The molecule has 22 heavy (non-hydrogen) atoms. The number of amides is 1. The SMILES string of the molecule is Cc1cccc(O[C@@H](C)C(=O)Nc2cc(Cl)ccc2Cl)c1C. The highest BCUT2D eigenvalue weighted by Gasteiger charge is 2.17. The van der Waals surface area contributed by atoms with E-state index in [-0.39, 0.29) is 5.91 Å². The summed E-state index contributed by atoms with van der Waals surface area (Å²) in [5.74, 6) is 0.407. The number of ether oxygens (including phenoxy) is 1. The average molecular weight is 338 g/mol. The molecule has 2 rings (SSSR count). The quantitative estimate of drug-likeness (QED) is 0.850. The zero-order valence-corrected chi connectivity index (χ0v) is 14.1. The van der Waals surface area contributed by atoms with Crippen LogP contribution in [0.4, 0.5) is 5.69 Å². The molecule has 1 N–H and O–H groups in total. The summed E-state index contributed by atoms with van der Waals surface area (Å²) in [6.45, 7) is 5.65. The first-order chi connectivity index (χ1) is 10.4. The predicted octanol–water partition coefficient (Wildman–Crippen LogP) is 5.02. The highest BCUT2D eigenvalue weighted by molar-refractivity contribution is 6.35. The van der Waals surface area contributed by atoms with Gasteiger partial charge in [-0.25, -0.2) is 0 Å². The van der Waals surface area contributed by atoms with Crippen LogP contribution in [0.3, 0.4) is 0 Å². The standard InChI is InChI=1S/C17H17Cl2NO2/c1-10-5-4-6-16(11(10)2)22-12(3)17(21)20-15-9-13(18)7-8-14(15)19/h4-9,12H,1-3H3,(H,20,21)/t12-/m0/s1. The van der Waals surface area contributed by atoms with Gasteiger partial charge >= 0.3 is 0 Å². The van der Waals surface area contributed by atoms with Crippen LogP contribution in [-0.4, -0.2) is 12.0 Å². The Bertz CT molecular complexity index is 701. The van der Waals surface area contributed by atoms with Gasteiger partial charge < -0.3 is 10.1 Å². The van der Waals surface area contributed by atoms with Crippen molar-refractivity contribution in [2.75, 3.05) is 5.32 Å². The maximum atomic E-state index is 12.2. The smallest absolute Gasteiger partial charge is 0.265 e. The molecule has 2 aromatic rings. The van der Waals surface area contributed by atoms with Gasteiger partial charge in [0.1, 0.15) is 5.75 Å². The lowest BCUT2D eigenvalue weighted by molar-refractivity contribution is -0.122. The van der Waals surface area contributed by atoms with Crippen LogP contribution in [0.5, 0.6) is 5.75 Å². The number of anilines is 1. The van der Waals surface area contributed by atoms with Crippen molar-refractivity contribution in [3.8, 4) is 5.75 Å². The Morgan fingerprint density at radius 2 is 1.91 bits per heavy atom. The minimum absolute atomic E-state index is 0.287. The molecule has 0 aromatic heterocycles. The lowest BCUT2D eigenvalue weighted by Gasteiger charge is -2.17. The third-order valence-corrected chi connectivity index (χ3v) is 3.98. The summed E-state index contributed by atoms with van der Waals surface area (Å²) < 4.78 is 5.74. The molecule has 0 bridgehead atoms. The lowest BCUT2D eigenvalue weighted by Crippen LogP contribution is -2.30. The Balaban J connectivity index is 2.09. The van der Waals surface area contributed by atoms with E-state index in [2.05, 4.69) is 5.32 Å². The van der Waals surface area contributed by atoms with Gasteiger partial charge in [0.25, 0.3) is 5.91 Å². The number of benzene rings is 2. The second-order valence-corrected chi connectivity index (χ2v) is 5.92. The van der Waals surface area contributed by atoms with Crippen LogP contribution in [0.1, 0.15) is 18.1 Å². The minimum Gasteiger partial charge on any atom is -0.481 e. The predicted molar refractivity (Wildman–Crippen MR) is 91.1 cm³/mol. The molecule has 1 atom stereocenters. The Morgan fingerprint density at radius 3 is 2.64 bits per heavy atom. The lowest BCUT2D eigenvalue weighted by atomic mass is 10.1. The summed E-state index contributed by atoms with van der Waals surface area (Å²) in [6, 6.07) is 10.6. The molecule has 0 aliphatic rings. The normalized spacial score (nSPS) is 11.9. The molecule has 3 nitrogen and oxygen atoms in total. The number of halogens is 2. The van der Waals surface area contributed by atoms with Gasteiger partial charge in [0.05, 0.1) is 10.7 Å². The van der Waals surface area contributed by atoms with Gasteiger partial charge in [-0.1, -0.05) is 35.3 Å². The molecule has 0 spiro atoms. The van der Waals surface area contributed by atoms with Gasteiger partial charge in [-0.05, 0) is 56.2 Å². The first-order valence-electron chi connectivity index (χ1n) is 6.87. The molecular weight excluding hydrogens is 321 g/mol. The molecule has 2 aromatic carbocycles. The van der Waals surface area contributed by atoms with Gasteiger partial charge in [-0.15, -0.1) is 0 Å². The van der Waals surface area contributed by atoms with E-state index in [1.165, 1.54) is 0 Å². The van der Waals surface area contributed by atoms with Crippen molar-refractivity contribution < 1.29 is 9.53 Å². The van der Waals surface area contributed by atoms with Crippen LogP contribution in [0.2, 0.25) is 10.0 Å². The van der Waals surface area contributed by atoms with Crippen molar-refractivity contribution in [2.24, 2.45) is 0 Å². The van der Waals surface area contributed by atoms with E-state index < -0.39 is 6.10 Å². The van der Waals surface area contributed by atoms with Gasteiger partial charge in [0.2, 0.25) is 0 Å². The van der Waals surface area contributed by atoms with Crippen molar-refractivity contribution in [1.29, 1.82) is 0 Å². The van der Waals surface area contributed by atoms with Crippen LogP contribution in [0, 0.1) is 13.8 Å². The summed E-state index contributed by atoms with van der Waals surface area (Å²) >= 11 is 11.9. The monoisotopic (exact) mass is 337 g/mol. The number of carbonyl (C=O) groups excluding carboxylic acids is 1. The van der Waals surface area contributed by atoms with Crippen molar-refractivity contribution in [2.45, 2.75) is 26.9 Å². The average Bonchev–Trinajstić information content (AvgIpc) is 2.47. The van der Waals surface area contributed by atoms with Crippen molar-refractivity contribution in [3.63, 3.8) is 0 Å². The maximum absolute atomic E-state index is 12.2. The molecule has 1 amide bonds. The maximum Gasteiger partial charge on any atom is 0.265 e. The van der Waals surface area contributed by atoms with Crippen LogP contribution in [0.25, 0.3) is 0 Å². The second kappa shape index (κ2) is 7.03. The number of hydrogen-bond acceptors (Lipinski definition) is 2. The minimum atomic E-state index is -0.657. The Morgan fingerprint density at radius 1 is 1.18 bits per heavy atom. The van der Waals surface area contributed by atoms with Crippen LogP contribution < -0.4 is 10.1 Å². The Labute approximate surface area is 140 Å². The van der Waals surface area contributed by atoms with Crippen molar-refractivity contribution >= 4 is 34.8 Å². The third-order valence-electron chi connectivity index (χ3n) is 3.41. The number of nitrogens with one attached hydrogen (secondary N) is 1. The van der Waals surface area contributed by atoms with E-state index in [1.807, 2.05) is 32.0 Å². The molecule has 0 aliphatic heterocycles. The number of hydrogen-bond donors (Lipinski definition) is 1. The fraction of sp³-hybridized carbons (Fsp3) is 0.235. The third kappa shape index (κ3) is 3.93. The van der Waals surface area contributed by atoms with E-state index in [0.29, 0.717) is 21.5 Å². The fourth-order valence-electron chi connectivity index (χ4n) is 1.92. The highest BCUT2D eigenvalue weighted by atomic mass is 35.5. The van der Waals surface area contributed by atoms with E-state index in [9.17, 15) is 4.79 Å². The molecular formula is C17H17Cl2NO2. The van der Waals surface area contributed by atoms with Gasteiger partial charge in [-0.3, -0.25) is 4.79 Å². The van der Waals surface area contributed by atoms with Gasteiger partial charge in [0.15, 0.2) is 6.10 Å². The molecule has 0 radical (unpaired) electrons. The zero-order valence-electron chi connectivity index (χ0n) is 12.6. The number of aryl methyl sites for hydroxylation is 1. The number of rotatable bonds is 4. The Kier molecular flexibility index (Phi) is 5.33. The van der Waals surface area contributed by atoms with E-state index in [1.54, 1.807) is 25.1 Å². The van der Waals surface area contributed by atoms with Crippen molar-refractivity contribution in [3.05, 3.63) is 57.6 Å². The number of carbonyl (C=O) groups is 1. The molecule has 0 saturated heterocycles. The van der Waals surface area contributed by atoms with Crippen LogP contribution in [0.15, 0.2) is 36.4 Å². The molecule has 0 unspecified atom stereocenters. The summed E-state index contributed by atoms with van der Waals surface area (Å²) in [7, 11) is 0. The molecule has 5 heteroatoms. The zero-order chi connectivity index (χ0) is 16.3. The molecule has 116 valence electrons. The van der Waals surface area contributed by atoms with E-state index in [0.717, 1.165) is 11.1 Å². The van der Waals surface area contributed by atoms with Gasteiger partial charge in [0, 0.05) is 5.02 Å².